The average molecular weight is 442 g/mol. The van der Waals surface area contributed by atoms with E-state index in [-0.39, 0.29) is 17.8 Å². The van der Waals surface area contributed by atoms with Crippen LogP contribution in [0, 0.1) is 5.82 Å². The number of amides is 1. The van der Waals surface area contributed by atoms with Gasteiger partial charge < -0.3 is 14.5 Å². The summed E-state index contributed by atoms with van der Waals surface area (Å²) < 4.78 is 19.0. The molecule has 162 valence electrons. The van der Waals surface area contributed by atoms with Crippen molar-refractivity contribution >= 4 is 33.3 Å². The van der Waals surface area contributed by atoms with E-state index in [1.54, 1.807) is 29.8 Å². The van der Waals surface area contributed by atoms with Gasteiger partial charge in [-0.05, 0) is 29.1 Å². The Morgan fingerprint density at radius 2 is 1.90 bits per heavy atom. The molecule has 9 heteroatoms. The minimum atomic E-state index is -0.270. The van der Waals surface area contributed by atoms with Gasteiger partial charge in [0.1, 0.15) is 28.9 Å². The second-order valence-corrected chi connectivity index (χ2v) is 8.75. The highest BCUT2D eigenvalue weighted by molar-refractivity contribution is 7.16. The molecule has 3 aromatic rings. The van der Waals surface area contributed by atoms with E-state index >= 15 is 0 Å². The summed E-state index contributed by atoms with van der Waals surface area (Å²) in [4.78, 5) is 29.1. The molecule has 0 radical (unpaired) electrons. The van der Waals surface area contributed by atoms with Crippen LogP contribution in [0.5, 0.6) is 0 Å². The summed E-state index contributed by atoms with van der Waals surface area (Å²) in [5, 5.41) is 3.14. The van der Waals surface area contributed by atoms with Gasteiger partial charge in [-0.3, -0.25) is 9.69 Å². The van der Waals surface area contributed by atoms with Crippen molar-refractivity contribution < 1.29 is 13.9 Å². The topological polar surface area (TPSA) is 61.8 Å². The monoisotopic (exact) mass is 441 g/mol. The molecule has 1 amide bonds. The lowest BCUT2D eigenvalue weighted by atomic mass is 10.1. The molecule has 2 aromatic heterocycles. The number of benzene rings is 1. The van der Waals surface area contributed by atoms with E-state index in [4.69, 9.17) is 4.74 Å². The van der Waals surface area contributed by atoms with Crippen LogP contribution in [0.3, 0.4) is 0 Å². The first-order chi connectivity index (χ1) is 15.2. The summed E-state index contributed by atoms with van der Waals surface area (Å²) >= 11 is 1.62. The fraction of sp³-hybridized carbons (Fsp3) is 0.409. The summed E-state index contributed by atoms with van der Waals surface area (Å²) in [6.45, 7) is 5.27. The van der Waals surface area contributed by atoms with Crippen molar-refractivity contribution in [1.82, 2.24) is 19.8 Å². The average Bonchev–Trinajstić information content (AvgIpc) is 3.29. The highest BCUT2D eigenvalue weighted by atomic mass is 32.1. The number of halogens is 1. The fourth-order valence-electron chi connectivity index (χ4n) is 4.19. The highest BCUT2D eigenvalue weighted by Crippen LogP contribution is 2.27. The van der Waals surface area contributed by atoms with Gasteiger partial charge in [0.25, 0.3) is 0 Å². The number of anilines is 1. The molecule has 2 fully saturated rings. The number of aromatic nitrogens is 2. The lowest BCUT2D eigenvalue weighted by Crippen LogP contribution is -2.52. The van der Waals surface area contributed by atoms with Crippen LogP contribution in [-0.2, 0) is 9.53 Å². The number of piperazine rings is 1. The number of hydrogen-bond donors (Lipinski definition) is 0. The van der Waals surface area contributed by atoms with Gasteiger partial charge in [0, 0.05) is 32.7 Å². The van der Waals surface area contributed by atoms with Crippen LogP contribution >= 0.6 is 11.3 Å². The predicted molar refractivity (Wildman–Crippen MR) is 118 cm³/mol. The first-order valence-electron chi connectivity index (χ1n) is 10.5. The van der Waals surface area contributed by atoms with Gasteiger partial charge in [-0.15, -0.1) is 11.3 Å². The van der Waals surface area contributed by atoms with E-state index in [2.05, 4.69) is 25.8 Å². The molecule has 1 atom stereocenters. The van der Waals surface area contributed by atoms with E-state index in [0.717, 1.165) is 47.8 Å². The summed E-state index contributed by atoms with van der Waals surface area (Å²) in [6.07, 6.45) is 1.42. The Balaban J connectivity index is 1.16. The molecule has 5 rings (SSSR count). The number of ether oxygens (including phenoxy) is 1. The molecule has 4 heterocycles. The third-order valence-corrected chi connectivity index (χ3v) is 6.75. The SMILES string of the molecule is O=C(CN1CCN(c2ncnc3sccc23)CC1)N1CCOC(c2ccc(F)cc2)C1. The zero-order valence-corrected chi connectivity index (χ0v) is 17.9. The largest absolute Gasteiger partial charge is 0.370 e. The zero-order chi connectivity index (χ0) is 21.2. The van der Waals surface area contributed by atoms with Crippen LogP contribution in [0.15, 0.2) is 42.0 Å². The summed E-state index contributed by atoms with van der Waals surface area (Å²) in [5.74, 6) is 0.826. The molecule has 1 aromatic carbocycles. The van der Waals surface area contributed by atoms with E-state index < -0.39 is 0 Å². The van der Waals surface area contributed by atoms with Crippen molar-refractivity contribution in [1.29, 1.82) is 0 Å². The van der Waals surface area contributed by atoms with Crippen LogP contribution < -0.4 is 4.90 Å². The van der Waals surface area contributed by atoms with Crippen LogP contribution in [0.25, 0.3) is 10.2 Å². The molecule has 0 saturated carbocycles. The van der Waals surface area contributed by atoms with Crippen molar-refractivity contribution in [2.75, 3.05) is 57.3 Å². The molecule has 0 spiro atoms. The summed E-state index contributed by atoms with van der Waals surface area (Å²) in [7, 11) is 0. The number of hydrogen-bond acceptors (Lipinski definition) is 7. The number of thiophene rings is 1. The van der Waals surface area contributed by atoms with Gasteiger partial charge in [-0.25, -0.2) is 14.4 Å². The number of morpholine rings is 1. The first-order valence-corrected chi connectivity index (χ1v) is 11.4. The molecule has 2 saturated heterocycles. The number of carbonyl (C=O) groups excluding carboxylic acids is 1. The number of fused-ring (bicyclic) bond motifs is 1. The Morgan fingerprint density at radius 3 is 2.71 bits per heavy atom. The standard InChI is InChI=1S/C22H24FN5O2S/c23-17-3-1-16(2-4-17)19-13-28(10-11-30-19)20(29)14-26-6-8-27(9-7-26)21-18-5-12-31-22(18)25-15-24-21/h1-5,12,15,19H,6-11,13-14H2. The van der Waals surface area contributed by atoms with E-state index in [1.807, 2.05) is 10.3 Å². The van der Waals surface area contributed by atoms with Crippen molar-refractivity contribution in [3.05, 3.63) is 53.4 Å². The van der Waals surface area contributed by atoms with E-state index in [1.165, 1.54) is 12.1 Å². The van der Waals surface area contributed by atoms with Gasteiger partial charge in [-0.1, -0.05) is 12.1 Å². The normalized spacial score (nSPS) is 20.4. The Kier molecular flexibility index (Phi) is 5.80. The van der Waals surface area contributed by atoms with Gasteiger partial charge in [-0.2, -0.15) is 0 Å². The predicted octanol–water partition coefficient (Wildman–Crippen LogP) is 2.55. The number of carbonyl (C=O) groups is 1. The maximum atomic E-state index is 13.2. The van der Waals surface area contributed by atoms with Crippen molar-refractivity contribution in [3.8, 4) is 0 Å². The summed E-state index contributed by atoms with van der Waals surface area (Å²) in [5.41, 5.74) is 0.900. The molecule has 0 N–H and O–H groups in total. The molecular formula is C22H24FN5O2S. The molecule has 0 bridgehead atoms. The van der Waals surface area contributed by atoms with E-state index in [0.29, 0.717) is 26.2 Å². The Labute approximate surface area is 184 Å². The molecule has 31 heavy (non-hydrogen) atoms. The quantitative estimate of drug-likeness (QED) is 0.620. The molecule has 2 aliphatic rings. The smallest absolute Gasteiger partial charge is 0.236 e. The molecule has 2 aliphatic heterocycles. The maximum Gasteiger partial charge on any atom is 0.236 e. The van der Waals surface area contributed by atoms with Crippen LogP contribution in [0.1, 0.15) is 11.7 Å². The van der Waals surface area contributed by atoms with Crippen LogP contribution in [-0.4, -0.2) is 78.1 Å². The number of rotatable bonds is 4. The first kappa shape index (κ1) is 20.3. The second kappa shape index (κ2) is 8.86. The van der Waals surface area contributed by atoms with Gasteiger partial charge in [0.15, 0.2) is 0 Å². The Bertz CT molecular complexity index is 1050. The maximum absolute atomic E-state index is 13.2. The van der Waals surface area contributed by atoms with Gasteiger partial charge in [0.05, 0.1) is 25.1 Å². The van der Waals surface area contributed by atoms with Crippen LogP contribution in [0.2, 0.25) is 0 Å². The van der Waals surface area contributed by atoms with E-state index in [9.17, 15) is 9.18 Å². The number of nitrogens with zero attached hydrogens (tertiary/aromatic N) is 5. The minimum Gasteiger partial charge on any atom is -0.370 e. The Morgan fingerprint density at radius 1 is 1.10 bits per heavy atom. The van der Waals surface area contributed by atoms with Crippen molar-refractivity contribution in [2.45, 2.75) is 6.10 Å². The summed E-state index contributed by atoms with van der Waals surface area (Å²) in [6, 6.07) is 8.39. The van der Waals surface area contributed by atoms with Crippen molar-refractivity contribution in [3.63, 3.8) is 0 Å². The van der Waals surface area contributed by atoms with Gasteiger partial charge in [0.2, 0.25) is 5.91 Å². The molecule has 7 nitrogen and oxygen atoms in total. The van der Waals surface area contributed by atoms with Crippen LogP contribution in [0.4, 0.5) is 10.2 Å². The lowest BCUT2D eigenvalue weighted by Gasteiger charge is -2.38. The lowest BCUT2D eigenvalue weighted by molar-refractivity contribution is -0.140. The molecule has 0 aliphatic carbocycles. The minimum absolute atomic E-state index is 0.117. The van der Waals surface area contributed by atoms with Crippen molar-refractivity contribution in [2.24, 2.45) is 0 Å². The third-order valence-electron chi connectivity index (χ3n) is 5.93. The third kappa shape index (κ3) is 4.39. The second-order valence-electron chi connectivity index (χ2n) is 7.85. The molecular weight excluding hydrogens is 417 g/mol. The fourth-order valence-corrected chi connectivity index (χ4v) is 4.92. The molecule has 1 unspecified atom stereocenters. The van der Waals surface area contributed by atoms with Gasteiger partial charge >= 0.3 is 0 Å². The highest BCUT2D eigenvalue weighted by Gasteiger charge is 2.28. The Hall–Kier alpha value is -2.62. The zero-order valence-electron chi connectivity index (χ0n) is 17.1.